The molecule has 0 spiro atoms. The maximum absolute atomic E-state index is 13.0. The van der Waals surface area contributed by atoms with Crippen molar-refractivity contribution in [1.82, 2.24) is 14.5 Å². The Morgan fingerprint density at radius 2 is 2.04 bits per heavy atom. The Hall–Kier alpha value is -1.80. The molecule has 1 aromatic carbocycles. The van der Waals surface area contributed by atoms with Crippen LogP contribution in [0.25, 0.3) is 11.5 Å². The minimum absolute atomic E-state index is 0.0877. The fourth-order valence-corrected chi connectivity index (χ4v) is 3.87. The van der Waals surface area contributed by atoms with Crippen LogP contribution in [0.3, 0.4) is 0 Å². The summed E-state index contributed by atoms with van der Waals surface area (Å²) < 4.78 is 44.2. The van der Waals surface area contributed by atoms with E-state index < -0.39 is 10.0 Å². The summed E-state index contributed by atoms with van der Waals surface area (Å²) in [6.07, 6.45) is 1.57. The van der Waals surface area contributed by atoms with Crippen LogP contribution in [-0.4, -0.2) is 41.8 Å². The van der Waals surface area contributed by atoms with Crippen molar-refractivity contribution in [1.29, 1.82) is 0 Å². The highest BCUT2D eigenvalue weighted by Crippen LogP contribution is 2.29. The number of nitrogens with zero attached hydrogens (tertiary/aromatic N) is 3. The van der Waals surface area contributed by atoms with Gasteiger partial charge >= 0.3 is 0 Å². The molecule has 0 bridgehead atoms. The normalized spacial score (nSPS) is 19.8. The molecule has 23 heavy (non-hydrogen) atoms. The van der Waals surface area contributed by atoms with Crippen molar-refractivity contribution in [2.45, 2.75) is 25.7 Å². The second-order valence-corrected chi connectivity index (χ2v) is 7.81. The molecule has 1 aliphatic rings. The predicted molar refractivity (Wildman–Crippen MR) is 82.7 cm³/mol. The number of benzene rings is 1. The highest BCUT2D eigenvalue weighted by Gasteiger charge is 2.31. The molecule has 0 aliphatic carbocycles. The number of sulfonamides is 1. The third kappa shape index (κ3) is 3.42. The fraction of sp³-hybridized carbons (Fsp3) is 0.467. The van der Waals surface area contributed by atoms with Gasteiger partial charge in [-0.2, -0.15) is 0 Å². The molecule has 1 aromatic heterocycles. The highest BCUT2D eigenvalue weighted by molar-refractivity contribution is 7.89. The van der Waals surface area contributed by atoms with Crippen molar-refractivity contribution in [3.05, 3.63) is 36.0 Å². The van der Waals surface area contributed by atoms with Gasteiger partial charge in [-0.15, -0.1) is 10.2 Å². The van der Waals surface area contributed by atoms with Crippen LogP contribution in [0.1, 0.15) is 31.6 Å². The SMILES string of the molecule is CCS(=O)(=O)N1CCCC(c2nnc(-c3ccc(F)cc3)o2)C1. The van der Waals surface area contributed by atoms with Gasteiger partial charge in [-0.3, -0.25) is 0 Å². The number of hydrogen-bond acceptors (Lipinski definition) is 5. The monoisotopic (exact) mass is 339 g/mol. The first-order valence-electron chi connectivity index (χ1n) is 7.57. The number of hydrogen-bond donors (Lipinski definition) is 0. The standard InChI is InChI=1S/C15H18FN3O3S/c1-2-23(20,21)19-9-3-4-12(10-19)15-18-17-14(22-15)11-5-7-13(16)8-6-11/h5-8,12H,2-4,9-10H2,1H3. The van der Waals surface area contributed by atoms with E-state index in [-0.39, 0.29) is 17.5 Å². The number of rotatable bonds is 4. The first kappa shape index (κ1) is 16.1. The first-order chi connectivity index (χ1) is 11.0. The molecule has 1 atom stereocenters. The molecule has 0 N–H and O–H groups in total. The molecule has 6 nitrogen and oxygen atoms in total. The van der Waals surface area contributed by atoms with E-state index in [9.17, 15) is 12.8 Å². The summed E-state index contributed by atoms with van der Waals surface area (Å²) in [5.41, 5.74) is 0.638. The van der Waals surface area contributed by atoms with E-state index in [1.807, 2.05) is 0 Å². The fourth-order valence-electron chi connectivity index (χ4n) is 2.69. The molecular formula is C15H18FN3O3S. The second-order valence-electron chi connectivity index (χ2n) is 5.55. The van der Waals surface area contributed by atoms with Crippen LogP contribution in [0.2, 0.25) is 0 Å². The van der Waals surface area contributed by atoms with E-state index in [4.69, 9.17) is 4.42 Å². The minimum Gasteiger partial charge on any atom is -0.420 e. The zero-order valence-corrected chi connectivity index (χ0v) is 13.6. The van der Waals surface area contributed by atoms with Gasteiger partial charge in [0.15, 0.2) is 0 Å². The van der Waals surface area contributed by atoms with Crippen LogP contribution >= 0.6 is 0 Å². The first-order valence-corrected chi connectivity index (χ1v) is 9.17. The largest absolute Gasteiger partial charge is 0.420 e. The summed E-state index contributed by atoms with van der Waals surface area (Å²) in [5, 5.41) is 8.04. The summed E-state index contributed by atoms with van der Waals surface area (Å²) in [4.78, 5) is 0. The maximum atomic E-state index is 13.0. The van der Waals surface area contributed by atoms with Crippen LogP contribution in [0.5, 0.6) is 0 Å². The molecule has 1 saturated heterocycles. The van der Waals surface area contributed by atoms with Crippen LogP contribution in [0, 0.1) is 5.82 Å². The van der Waals surface area contributed by atoms with Crippen LogP contribution in [-0.2, 0) is 10.0 Å². The predicted octanol–water partition coefficient (Wildman–Crippen LogP) is 2.40. The van der Waals surface area contributed by atoms with Gasteiger partial charge in [0, 0.05) is 18.7 Å². The van der Waals surface area contributed by atoms with Crippen LogP contribution < -0.4 is 0 Å². The van der Waals surface area contributed by atoms with E-state index in [2.05, 4.69) is 10.2 Å². The lowest BCUT2D eigenvalue weighted by atomic mass is 10.00. The Bertz CT molecular complexity index is 774. The molecule has 1 aliphatic heterocycles. The summed E-state index contributed by atoms with van der Waals surface area (Å²) in [6.45, 7) is 2.53. The Balaban J connectivity index is 1.79. The smallest absolute Gasteiger partial charge is 0.247 e. The molecule has 0 radical (unpaired) electrons. The van der Waals surface area contributed by atoms with E-state index in [0.29, 0.717) is 30.4 Å². The lowest BCUT2D eigenvalue weighted by Crippen LogP contribution is -2.39. The molecule has 124 valence electrons. The third-order valence-corrected chi connectivity index (χ3v) is 5.87. The quantitative estimate of drug-likeness (QED) is 0.855. The van der Waals surface area contributed by atoms with E-state index in [1.165, 1.54) is 16.4 Å². The van der Waals surface area contributed by atoms with Crippen molar-refractivity contribution in [3.8, 4) is 11.5 Å². The van der Waals surface area contributed by atoms with Gasteiger partial charge < -0.3 is 4.42 Å². The summed E-state index contributed by atoms with van der Waals surface area (Å²) in [5.74, 6) is 0.397. The topological polar surface area (TPSA) is 76.3 Å². The van der Waals surface area contributed by atoms with E-state index in [0.717, 1.165) is 12.8 Å². The van der Waals surface area contributed by atoms with Gasteiger partial charge in [0.2, 0.25) is 21.8 Å². The van der Waals surface area contributed by atoms with Crippen LogP contribution in [0.4, 0.5) is 4.39 Å². The maximum Gasteiger partial charge on any atom is 0.247 e. The average molecular weight is 339 g/mol. The molecule has 1 fully saturated rings. The van der Waals surface area contributed by atoms with Crippen molar-refractivity contribution in [2.75, 3.05) is 18.8 Å². The van der Waals surface area contributed by atoms with Crippen molar-refractivity contribution < 1.29 is 17.2 Å². The van der Waals surface area contributed by atoms with Crippen molar-refractivity contribution >= 4 is 10.0 Å². The van der Waals surface area contributed by atoms with Gasteiger partial charge in [0.1, 0.15) is 5.82 Å². The summed E-state index contributed by atoms with van der Waals surface area (Å²) in [7, 11) is -3.21. The van der Waals surface area contributed by atoms with Gasteiger partial charge in [-0.05, 0) is 44.0 Å². The summed E-state index contributed by atoms with van der Waals surface area (Å²) in [6, 6.07) is 5.80. The second kappa shape index (κ2) is 6.37. The molecule has 0 amide bonds. The minimum atomic E-state index is -3.21. The number of piperidine rings is 1. The van der Waals surface area contributed by atoms with Crippen molar-refractivity contribution in [3.63, 3.8) is 0 Å². The molecule has 8 heteroatoms. The highest BCUT2D eigenvalue weighted by atomic mass is 32.2. The van der Waals surface area contributed by atoms with Gasteiger partial charge in [-0.1, -0.05) is 0 Å². The lowest BCUT2D eigenvalue weighted by Gasteiger charge is -2.29. The summed E-state index contributed by atoms with van der Waals surface area (Å²) >= 11 is 0. The Kier molecular flexibility index (Phi) is 4.45. The van der Waals surface area contributed by atoms with E-state index >= 15 is 0 Å². The van der Waals surface area contributed by atoms with Crippen LogP contribution in [0.15, 0.2) is 28.7 Å². The molecular weight excluding hydrogens is 321 g/mol. The van der Waals surface area contributed by atoms with Gasteiger partial charge in [0.25, 0.3) is 0 Å². The van der Waals surface area contributed by atoms with Gasteiger partial charge in [-0.25, -0.2) is 17.1 Å². The average Bonchev–Trinajstić information content (AvgIpc) is 3.06. The lowest BCUT2D eigenvalue weighted by molar-refractivity contribution is 0.286. The Morgan fingerprint density at radius 1 is 1.30 bits per heavy atom. The zero-order valence-electron chi connectivity index (χ0n) is 12.8. The molecule has 2 heterocycles. The molecule has 2 aromatic rings. The Morgan fingerprint density at radius 3 is 2.74 bits per heavy atom. The third-order valence-electron chi connectivity index (χ3n) is 4.02. The van der Waals surface area contributed by atoms with Gasteiger partial charge in [0.05, 0.1) is 11.7 Å². The Labute approximate surface area is 134 Å². The number of halogens is 1. The molecule has 3 rings (SSSR count). The molecule has 1 unspecified atom stereocenters. The van der Waals surface area contributed by atoms with Crippen molar-refractivity contribution in [2.24, 2.45) is 0 Å². The zero-order chi connectivity index (χ0) is 16.4. The number of aromatic nitrogens is 2. The molecule has 0 saturated carbocycles. The van der Waals surface area contributed by atoms with E-state index in [1.54, 1.807) is 19.1 Å².